The molecule has 5 heteroatoms. The van der Waals surface area contributed by atoms with Gasteiger partial charge in [-0.1, -0.05) is 103 Å². The third kappa shape index (κ3) is 7.96. The predicted molar refractivity (Wildman–Crippen MR) is 163 cm³/mol. The van der Waals surface area contributed by atoms with Crippen molar-refractivity contribution in [2.24, 2.45) is 0 Å². The molecule has 5 aromatic rings. The lowest BCUT2D eigenvalue weighted by molar-refractivity contribution is 0.0920. The molecular weight excluding hydrogens is 508 g/mol. The molecule has 0 aliphatic heterocycles. The summed E-state index contributed by atoms with van der Waals surface area (Å²) in [6, 6.07) is 43.0. The highest BCUT2D eigenvalue weighted by Gasteiger charge is 2.17. The highest BCUT2D eigenvalue weighted by atomic mass is 16.5. The Morgan fingerprint density at radius 1 is 0.707 bits per heavy atom. The number of nitrogens with zero attached hydrogens (tertiary/aromatic N) is 1. The Bertz CT molecular complexity index is 1440. The average molecular weight is 545 g/mol. The Balaban J connectivity index is 1.22. The highest BCUT2D eigenvalue weighted by Crippen LogP contribution is 2.27. The number of benzene rings is 4. The van der Waals surface area contributed by atoms with Crippen molar-refractivity contribution in [1.29, 1.82) is 0 Å². The molecule has 0 aliphatic rings. The molecule has 0 unspecified atom stereocenters. The maximum absolute atomic E-state index is 13.0. The molecule has 0 radical (unpaired) electrons. The molecule has 0 saturated heterocycles. The summed E-state index contributed by atoms with van der Waals surface area (Å²) in [5.41, 5.74) is 4.88. The number of hydrogen-bond donors (Lipinski definition) is 1. The number of furan rings is 1. The molecule has 0 fully saturated rings. The Hall–Kier alpha value is -4.61. The van der Waals surface area contributed by atoms with Crippen molar-refractivity contribution in [3.8, 4) is 5.75 Å². The minimum atomic E-state index is -0.194. The average Bonchev–Trinajstić information content (AvgIpc) is 3.49. The zero-order valence-corrected chi connectivity index (χ0v) is 23.4. The lowest BCUT2D eigenvalue weighted by atomic mass is 9.88. The summed E-state index contributed by atoms with van der Waals surface area (Å²) in [6.07, 6.45) is 0.792. The molecule has 5 nitrogen and oxygen atoms in total. The van der Waals surface area contributed by atoms with Crippen molar-refractivity contribution >= 4 is 5.91 Å². The molecule has 1 heterocycles. The third-order valence-corrected chi connectivity index (χ3v) is 7.20. The summed E-state index contributed by atoms with van der Waals surface area (Å²) in [4.78, 5) is 15.3. The lowest BCUT2D eigenvalue weighted by Crippen LogP contribution is -2.25. The number of ether oxygens (including phenoxy) is 1. The quantitative estimate of drug-likeness (QED) is 0.167. The van der Waals surface area contributed by atoms with E-state index in [2.05, 4.69) is 95.1 Å². The van der Waals surface area contributed by atoms with Gasteiger partial charge in [0.25, 0.3) is 5.91 Å². The first-order valence-electron chi connectivity index (χ1n) is 14.0. The third-order valence-electron chi connectivity index (χ3n) is 7.20. The van der Waals surface area contributed by atoms with Crippen LogP contribution in [0, 0.1) is 0 Å². The van der Waals surface area contributed by atoms with E-state index in [4.69, 9.17) is 9.15 Å². The van der Waals surface area contributed by atoms with Crippen LogP contribution in [0.3, 0.4) is 0 Å². The number of nitrogens with one attached hydrogen (secondary N) is 1. The lowest BCUT2D eigenvalue weighted by Gasteiger charge is -2.22. The van der Waals surface area contributed by atoms with E-state index < -0.39 is 0 Å². The van der Waals surface area contributed by atoms with Crippen LogP contribution in [0.2, 0.25) is 0 Å². The first-order chi connectivity index (χ1) is 20.2. The van der Waals surface area contributed by atoms with Crippen molar-refractivity contribution in [3.63, 3.8) is 0 Å². The van der Waals surface area contributed by atoms with Gasteiger partial charge < -0.3 is 14.5 Å². The SMILES string of the molecule is COc1ccc(CN(Cc2ccccc2)Cc2ccc(C(=O)NCCC(c3ccccc3)c3ccccc3)o2)cc1. The summed E-state index contributed by atoms with van der Waals surface area (Å²) in [5.74, 6) is 1.94. The molecule has 208 valence electrons. The van der Waals surface area contributed by atoms with Crippen molar-refractivity contribution < 1.29 is 13.9 Å². The molecule has 0 bridgehead atoms. The zero-order valence-electron chi connectivity index (χ0n) is 23.4. The van der Waals surface area contributed by atoms with Gasteiger partial charge in [0.15, 0.2) is 5.76 Å². The number of amides is 1. The topological polar surface area (TPSA) is 54.7 Å². The van der Waals surface area contributed by atoms with Crippen LogP contribution in [0.1, 0.15) is 50.9 Å². The van der Waals surface area contributed by atoms with E-state index in [1.807, 2.05) is 36.4 Å². The van der Waals surface area contributed by atoms with Crippen LogP contribution >= 0.6 is 0 Å². The minimum absolute atomic E-state index is 0.194. The molecule has 1 amide bonds. The van der Waals surface area contributed by atoms with E-state index >= 15 is 0 Å². The monoisotopic (exact) mass is 544 g/mol. The summed E-state index contributed by atoms with van der Waals surface area (Å²) < 4.78 is 11.4. The van der Waals surface area contributed by atoms with E-state index in [1.54, 1.807) is 13.2 Å². The van der Waals surface area contributed by atoms with E-state index in [1.165, 1.54) is 22.3 Å². The second-order valence-electron chi connectivity index (χ2n) is 10.2. The van der Waals surface area contributed by atoms with Crippen LogP contribution in [0.5, 0.6) is 5.75 Å². The molecule has 41 heavy (non-hydrogen) atoms. The van der Waals surface area contributed by atoms with Crippen molar-refractivity contribution in [2.75, 3.05) is 13.7 Å². The molecule has 0 aliphatic carbocycles. The number of rotatable bonds is 13. The summed E-state index contributed by atoms with van der Waals surface area (Å²) in [5, 5.41) is 3.07. The minimum Gasteiger partial charge on any atom is -0.497 e. The Morgan fingerprint density at radius 2 is 1.27 bits per heavy atom. The van der Waals surface area contributed by atoms with Gasteiger partial charge in [0.2, 0.25) is 0 Å². The van der Waals surface area contributed by atoms with Crippen LogP contribution in [0.25, 0.3) is 0 Å². The molecule has 1 aromatic heterocycles. The molecule has 0 atom stereocenters. The standard InChI is InChI=1S/C36H36N2O3/c1-40-32-19-17-29(18-20-32)26-38(25-28-11-5-2-6-12-28)27-33-21-22-35(41-33)36(39)37-24-23-34(30-13-7-3-8-14-30)31-15-9-4-10-16-31/h2-22,34H,23-27H2,1H3,(H,37,39). The summed E-state index contributed by atoms with van der Waals surface area (Å²) in [6.45, 7) is 2.62. The first kappa shape index (κ1) is 27.9. The van der Waals surface area contributed by atoms with E-state index in [0.29, 0.717) is 18.8 Å². The van der Waals surface area contributed by atoms with Crippen molar-refractivity contribution in [3.05, 3.63) is 161 Å². The molecule has 5 rings (SSSR count). The predicted octanol–water partition coefficient (Wildman–Crippen LogP) is 7.44. The Morgan fingerprint density at radius 3 is 1.85 bits per heavy atom. The van der Waals surface area contributed by atoms with Crippen LogP contribution in [0.4, 0.5) is 0 Å². The van der Waals surface area contributed by atoms with Crippen molar-refractivity contribution in [1.82, 2.24) is 10.2 Å². The largest absolute Gasteiger partial charge is 0.497 e. The van der Waals surface area contributed by atoms with Crippen LogP contribution in [-0.4, -0.2) is 24.5 Å². The van der Waals surface area contributed by atoms with Gasteiger partial charge in [0.05, 0.1) is 13.7 Å². The fourth-order valence-electron chi connectivity index (χ4n) is 5.12. The van der Waals surface area contributed by atoms with E-state index in [-0.39, 0.29) is 11.8 Å². The van der Waals surface area contributed by atoms with Gasteiger partial charge in [0, 0.05) is 25.6 Å². The normalized spacial score (nSPS) is 11.1. The first-order valence-corrected chi connectivity index (χ1v) is 14.0. The number of carbonyl (C=O) groups excluding carboxylic acids is 1. The zero-order chi connectivity index (χ0) is 28.3. The molecular formula is C36H36N2O3. The fraction of sp³-hybridized carbons (Fsp3) is 0.194. The number of hydrogen-bond acceptors (Lipinski definition) is 4. The molecule has 1 N–H and O–H groups in total. The van der Waals surface area contributed by atoms with E-state index in [9.17, 15) is 4.79 Å². The highest BCUT2D eigenvalue weighted by molar-refractivity contribution is 5.91. The Labute approximate surface area is 242 Å². The molecule has 0 saturated carbocycles. The smallest absolute Gasteiger partial charge is 0.286 e. The summed E-state index contributed by atoms with van der Waals surface area (Å²) >= 11 is 0. The fourth-order valence-corrected chi connectivity index (χ4v) is 5.12. The van der Waals surface area contributed by atoms with Gasteiger partial charge in [-0.25, -0.2) is 0 Å². The van der Waals surface area contributed by atoms with E-state index in [0.717, 1.165) is 31.0 Å². The van der Waals surface area contributed by atoms with Gasteiger partial charge >= 0.3 is 0 Å². The van der Waals surface area contributed by atoms with Gasteiger partial charge in [-0.3, -0.25) is 9.69 Å². The second-order valence-corrected chi connectivity index (χ2v) is 10.2. The van der Waals surface area contributed by atoms with Gasteiger partial charge in [-0.2, -0.15) is 0 Å². The van der Waals surface area contributed by atoms with Gasteiger partial charge in [0.1, 0.15) is 11.5 Å². The number of carbonyl (C=O) groups is 1. The van der Waals surface area contributed by atoms with Crippen molar-refractivity contribution in [2.45, 2.75) is 32.0 Å². The van der Waals surface area contributed by atoms with Crippen LogP contribution in [0.15, 0.2) is 132 Å². The maximum Gasteiger partial charge on any atom is 0.286 e. The van der Waals surface area contributed by atoms with Gasteiger partial charge in [-0.05, 0) is 52.9 Å². The van der Waals surface area contributed by atoms with Crippen LogP contribution in [-0.2, 0) is 19.6 Å². The Kier molecular flexibility index (Phi) is 9.64. The van der Waals surface area contributed by atoms with Gasteiger partial charge in [-0.15, -0.1) is 0 Å². The maximum atomic E-state index is 13.0. The summed E-state index contributed by atoms with van der Waals surface area (Å²) in [7, 11) is 1.67. The van der Waals surface area contributed by atoms with Crippen LogP contribution < -0.4 is 10.1 Å². The second kappa shape index (κ2) is 14.1. The molecule has 0 spiro atoms. The molecule has 4 aromatic carbocycles. The number of methoxy groups -OCH3 is 1.